The summed E-state index contributed by atoms with van der Waals surface area (Å²) in [7, 11) is -3.91. The van der Waals surface area contributed by atoms with Gasteiger partial charge in [0.15, 0.2) is 5.78 Å². The molecule has 0 aromatic heterocycles. The Kier molecular flexibility index (Phi) is 13.7. The zero-order valence-electron chi connectivity index (χ0n) is 18.8. The number of carboxylic acid groups (broad SMARTS) is 1. The van der Waals surface area contributed by atoms with Crippen LogP contribution in [0.1, 0.15) is 73.7 Å². The van der Waals surface area contributed by atoms with Crippen LogP contribution in [0.3, 0.4) is 0 Å². The molecule has 0 aliphatic rings. The van der Waals surface area contributed by atoms with Crippen molar-refractivity contribution in [2.45, 2.75) is 62.7 Å². The normalized spacial score (nSPS) is 11.1. The Morgan fingerprint density at radius 1 is 0.824 bits per heavy atom. The van der Waals surface area contributed by atoms with Crippen molar-refractivity contribution in [3.63, 3.8) is 0 Å². The van der Waals surface area contributed by atoms with Gasteiger partial charge in [-0.1, -0.05) is 73.9 Å². The van der Waals surface area contributed by atoms with Gasteiger partial charge in [-0.05, 0) is 43.2 Å². The van der Waals surface area contributed by atoms with Crippen LogP contribution in [0.15, 0.2) is 47.4 Å². The van der Waals surface area contributed by atoms with Gasteiger partial charge in [-0.25, -0.2) is 13.1 Å². The number of hydrogen-bond donors (Lipinski definition) is 2. The molecule has 0 saturated carbocycles. The zero-order valence-corrected chi connectivity index (χ0v) is 21.9. The minimum Gasteiger partial charge on any atom is -0.481 e. The van der Waals surface area contributed by atoms with E-state index in [1.54, 1.807) is 24.3 Å². The lowest BCUT2D eigenvalue weighted by atomic mass is 10.0. The zero-order chi connectivity index (χ0) is 24.3. The predicted molar refractivity (Wildman–Crippen MR) is 138 cm³/mol. The van der Waals surface area contributed by atoms with E-state index in [4.69, 9.17) is 28.3 Å². The average molecular weight is 551 g/mol. The molecule has 2 rings (SSSR count). The van der Waals surface area contributed by atoms with Crippen molar-refractivity contribution in [1.29, 1.82) is 0 Å². The standard InChI is InChI=1S/C24H29Cl2NO5S.ClH/c25-18-14-15-22(20(17-18)24(30)19-11-8-9-12-21(19)26)33(31,32)27-16-10-6-4-2-1-3-5-7-13-23(28)29;/h8-9,11-12,14-15,17,27H,1-7,10,13,16H2,(H,28,29);1H. The number of benzene rings is 2. The van der Waals surface area contributed by atoms with E-state index in [-0.39, 0.29) is 51.4 Å². The Hall–Kier alpha value is -1.64. The van der Waals surface area contributed by atoms with E-state index < -0.39 is 21.8 Å². The molecule has 2 aromatic rings. The number of aliphatic carboxylic acids is 1. The van der Waals surface area contributed by atoms with Gasteiger partial charge in [0.05, 0.1) is 9.92 Å². The van der Waals surface area contributed by atoms with Crippen molar-refractivity contribution < 1.29 is 23.1 Å². The molecule has 0 atom stereocenters. The Morgan fingerprint density at radius 3 is 2.03 bits per heavy atom. The minimum absolute atomic E-state index is 0. The molecule has 0 saturated heterocycles. The molecule has 2 aromatic carbocycles. The summed E-state index contributed by atoms with van der Waals surface area (Å²) in [6.45, 7) is 0.267. The SMILES string of the molecule is Cl.O=C(O)CCCCCCCCCCNS(=O)(=O)c1ccc(Cl)cc1C(=O)c1ccccc1Cl. The van der Waals surface area contributed by atoms with E-state index in [1.165, 1.54) is 18.2 Å². The van der Waals surface area contributed by atoms with E-state index in [0.717, 1.165) is 38.5 Å². The highest BCUT2D eigenvalue weighted by Gasteiger charge is 2.24. The lowest BCUT2D eigenvalue weighted by Crippen LogP contribution is -2.26. The smallest absolute Gasteiger partial charge is 0.303 e. The Labute approximate surface area is 217 Å². The second-order valence-electron chi connectivity index (χ2n) is 7.82. The summed E-state index contributed by atoms with van der Waals surface area (Å²) < 4.78 is 28.3. The molecule has 0 heterocycles. The van der Waals surface area contributed by atoms with Crippen molar-refractivity contribution in [3.8, 4) is 0 Å². The number of nitrogens with one attached hydrogen (secondary N) is 1. The number of unbranched alkanes of at least 4 members (excludes halogenated alkanes) is 7. The van der Waals surface area contributed by atoms with Crippen LogP contribution >= 0.6 is 35.6 Å². The van der Waals surface area contributed by atoms with Gasteiger partial charge >= 0.3 is 5.97 Å². The van der Waals surface area contributed by atoms with Crippen molar-refractivity contribution in [1.82, 2.24) is 4.72 Å². The molecule has 0 spiro atoms. The molecule has 34 heavy (non-hydrogen) atoms. The molecule has 0 unspecified atom stereocenters. The van der Waals surface area contributed by atoms with Gasteiger partial charge in [0.1, 0.15) is 0 Å². The highest BCUT2D eigenvalue weighted by molar-refractivity contribution is 7.89. The number of ketones is 1. The summed E-state index contributed by atoms with van der Waals surface area (Å²) in [5, 5.41) is 9.10. The number of carboxylic acids is 1. The Balaban J connectivity index is 0.00000578. The Morgan fingerprint density at radius 2 is 1.41 bits per heavy atom. The van der Waals surface area contributed by atoms with E-state index in [0.29, 0.717) is 12.8 Å². The highest BCUT2D eigenvalue weighted by Crippen LogP contribution is 2.26. The monoisotopic (exact) mass is 549 g/mol. The number of halogens is 3. The van der Waals surface area contributed by atoms with Crippen molar-refractivity contribution in [3.05, 3.63) is 63.6 Å². The second-order valence-corrected chi connectivity index (χ2v) is 10.4. The maximum atomic E-state index is 13.0. The second kappa shape index (κ2) is 15.4. The summed E-state index contributed by atoms with van der Waals surface area (Å²) >= 11 is 12.2. The van der Waals surface area contributed by atoms with Gasteiger partial charge in [-0.15, -0.1) is 12.4 Å². The van der Waals surface area contributed by atoms with Crippen LogP contribution in [0, 0.1) is 0 Å². The molecular weight excluding hydrogens is 521 g/mol. The van der Waals surface area contributed by atoms with E-state index >= 15 is 0 Å². The largest absolute Gasteiger partial charge is 0.481 e. The van der Waals surface area contributed by atoms with Crippen LogP contribution in [0.25, 0.3) is 0 Å². The van der Waals surface area contributed by atoms with E-state index in [9.17, 15) is 18.0 Å². The average Bonchev–Trinajstić information content (AvgIpc) is 2.77. The van der Waals surface area contributed by atoms with Crippen LogP contribution in [-0.4, -0.2) is 31.8 Å². The molecule has 0 bridgehead atoms. The molecule has 0 aliphatic heterocycles. The van der Waals surface area contributed by atoms with Gasteiger partial charge < -0.3 is 5.11 Å². The first-order valence-electron chi connectivity index (χ1n) is 11.0. The van der Waals surface area contributed by atoms with E-state index in [1.807, 2.05) is 0 Å². The highest BCUT2D eigenvalue weighted by atomic mass is 35.5. The molecule has 2 N–H and O–H groups in total. The summed E-state index contributed by atoms with van der Waals surface area (Å²) in [5.41, 5.74) is 0.187. The first kappa shape index (κ1) is 30.4. The molecule has 0 fully saturated rings. The van der Waals surface area contributed by atoms with Crippen LogP contribution in [0.4, 0.5) is 0 Å². The molecule has 0 radical (unpaired) electrons. The third kappa shape index (κ3) is 9.92. The first-order valence-corrected chi connectivity index (χ1v) is 13.3. The molecule has 6 nitrogen and oxygen atoms in total. The minimum atomic E-state index is -3.91. The van der Waals surface area contributed by atoms with Gasteiger partial charge in [0, 0.05) is 29.1 Å². The topological polar surface area (TPSA) is 101 Å². The lowest BCUT2D eigenvalue weighted by molar-refractivity contribution is -0.137. The quantitative estimate of drug-likeness (QED) is 0.194. The van der Waals surface area contributed by atoms with Gasteiger partial charge in [-0.3, -0.25) is 9.59 Å². The van der Waals surface area contributed by atoms with Crippen LogP contribution < -0.4 is 4.72 Å². The van der Waals surface area contributed by atoms with Crippen LogP contribution in [0.5, 0.6) is 0 Å². The summed E-state index contributed by atoms with van der Waals surface area (Å²) in [6, 6.07) is 10.6. The maximum Gasteiger partial charge on any atom is 0.303 e. The molecule has 0 amide bonds. The maximum absolute atomic E-state index is 13.0. The lowest BCUT2D eigenvalue weighted by Gasteiger charge is -2.12. The fourth-order valence-electron chi connectivity index (χ4n) is 3.45. The molecule has 0 aliphatic carbocycles. The third-order valence-corrected chi connectivity index (χ3v) is 7.29. The van der Waals surface area contributed by atoms with E-state index in [2.05, 4.69) is 4.72 Å². The first-order chi connectivity index (χ1) is 15.7. The number of sulfonamides is 1. The molecular formula is C24H30Cl3NO5S. The van der Waals surface area contributed by atoms with Crippen LogP contribution in [0.2, 0.25) is 10.0 Å². The van der Waals surface area contributed by atoms with Gasteiger partial charge in [0.2, 0.25) is 10.0 Å². The third-order valence-electron chi connectivity index (χ3n) is 5.20. The summed E-state index contributed by atoms with van der Waals surface area (Å²) in [4.78, 5) is 23.3. The summed E-state index contributed by atoms with van der Waals surface area (Å²) in [6.07, 6.45) is 7.49. The van der Waals surface area contributed by atoms with Gasteiger partial charge in [0.25, 0.3) is 0 Å². The number of rotatable bonds is 15. The number of carbonyl (C=O) groups excluding carboxylic acids is 1. The Bertz CT molecular complexity index is 1060. The van der Waals surface area contributed by atoms with Crippen molar-refractivity contribution in [2.75, 3.05) is 6.54 Å². The van der Waals surface area contributed by atoms with Gasteiger partial charge in [-0.2, -0.15) is 0 Å². The van der Waals surface area contributed by atoms with Crippen molar-refractivity contribution >= 4 is 57.4 Å². The predicted octanol–water partition coefficient (Wildman–Crippen LogP) is 6.52. The molecule has 10 heteroatoms. The van der Waals surface area contributed by atoms with Crippen molar-refractivity contribution in [2.24, 2.45) is 0 Å². The number of carbonyl (C=O) groups is 2. The fraction of sp³-hybridized carbons (Fsp3) is 0.417. The fourth-order valence-corrected chi connectivity index (χ4v) is 5.10. The molecule has 188 valence electrons. The summed E-state index contributed by atoms with van der Waals surface area (Å²) in [5.74, 6) is -1.26. The van der Waals surface area contributed by atoms with Crippen LogP contribution in [-0.2, 0) is 14.8 Å². The number of hydrogen-bond acceptors (Lipinski definition) is 4.